The molecule has 1 aromatic heterocycles. The van der Waals surface area contributed by atoms with Gasteiger partial charge in [0.05, 0.1) is 12.2 Å². The van der Waals surface area contributed by atoms with Gasteiger partial charge in [0.15, 0.2) is 9.84 Å². The Morgan fingerprint density at radius 1 is 1.30 bits per heavy atom. The number of sulfone groups is 1. The summed E-state index contributed by atoms with van der Waals surface area (Å²) in [6.07, 6.45) is 1.12. The number of thiophene rings is 1. The molecule has 7 heteroatoms. The average Bonchev–Trinajstić information content (AvgIpc) is 3.03. The molecule has 1 aliphatic heterocycles. The van der Waals surface area contributed by atoms with Gasteiger partial charge in [0.25, 0.3) is 5.91 Å². The van der Waals surface area contributed by atoms with Crippen molar-refractivity contribution in [2.24, 2.45) is 0 Å². The standard InChI is InChI=1S/C16H17NO4S2/c1-16(2)9-21-13-10(5-4-6-11(13)16)14(18)17-15-12(7-8-22-15)23(3,19)20/h4-8H,9H2,1-3H3,(H,17,18). The second-order valence-corrected chi connectivity index (χ2v) is 9.10. The SMILES string of the molecule is CC1(C)COc2c(C(=O)Nc3sccc3S(C)(=O)=O)cccc21. The summed E-state index contributed by atoms with van der Waals surface area (Å²) >= 11 is 1.18. The average molecular weight is 351 g/mol. The van der Waals surface area contributed by atoms with Crippen molar-refractivity contribution in [3.05, 3.63) is 40.8 Å². The van der Waals surface area contributed by atoms with Crippen LogP contribution < -0.4 is 10.1 Å². The molecule has 3 rings (SSSR count). The summed E-state index contributed by atoms with van der Waals surface area (Å²) in [6, 6.07) is 6.94. The maximum Gasteiger partial charge on any atom is 0.260 e. The van der Waals surface area contributed by atoms with Crippen LogP contribution in [0.4, 0.5) is 5.00 Å². The van der Waals surface area contributed by atoms with E-state index in [1.54, 1.807) is 11.4 Å². The molecular formula is C16H17NO4S2. The van der Waals surface area contributed by atoms with Crippen LogP contribution in [0.25, 0.3) is 0 Å². The molecule has 0 aliphatic carbocycles. The number of carbonyl (C=O) groups is 1. The Bertz CT molecular complexity index is 881. The van der Waals surface area contributed by atoms with E-state index in [0.717, 1.165) is 11.8 Å². The Hall–Kier alpha value is -1.86. The quantitative estimate of drug-likeness (QED) is 0.922. The lowest BCUT2D eigenvalue weighted by atomic mass is 9.86. The highest BCUT2D eigenvalue weighted by atomic mass is 32.2. The second-order valence-electron chi connectivity index (χ2n) is 6.20. The molecule has 0 unspecified atom stereocenters. The first kappa shape index (κ1) is 16.0. The minimum Gasteiger partial charge on any atom is -0.492 e. The van der Waals surface area contributed by atoms with Crippen molar-refractivity contribution in [2.75, 3.05) is 18.2 Å². The van der Waals surface area contributed by atoms with E-state index < -0.39 is 9.84 Å². The number of para-hydroxylation sites is 1. The molecule has 0 saturated carbocycles. The highest BCUT2D eigenvalue weighted by molar-refractivity contribution is 7.91. The van der Waals surface area contributed by atoms with Gasteiger partial charge in [-0.2, -0.15) is 0 Å². The molecule has 122 valence electrons. The number of benzene rings is 1. The smallest absolute Gasteiger partial charge is 0.260 e. The number of amides is 1. The second kappa shape index (κ2) is 5.35. The molecule has 0 spiro atoms. The van der Waals surface area contributed by atoms with Gasteiger partial charge < -0.3 is 10.1 Å². The van der Waals surface area contributed by atoms with Gasteiger partial charge in [-0.1, -0.05) is 26.0 Å². The summed E-state index contributed by atoms with van der Waals surface area (Å²) in [4.78, 5) is 12.7. The van der Waals surface area contributed by atoms with Gasteiger partial charge in [0.2, 0.25) is 0 Å². The van der Waals surface area contributed by atoms with Crippen LogP contribution in [0.3, 0.4) is 0 Å². The monoisotopic (exact) mass is 351 g/mol. The summed E-state index contributed by atoms with van der Waals surface area (Å²) < 4.78 is 29.2. The Kier molecular flexibility index (Phi) is 3.72. The van der Waals surface area contributed by atoms with Crippen molar-refractivity contribution in [2.45, 2.75) is 24.2 Å². The van der Waals surface area contributed by atoms with Gasteiger partial charge in [0, 0.05) is 17.2 Å². The largest absolute Gasteiger partial charge is 0.492 e. The zero-order valence-electron chi connectivity index (χ0n) is 13.0. The van der Waals surface area contributed by atoms with E-state index in [2.05, 4.69) is 19.2 Å². The van der Waals surface area contributed by atoms with E-state index >= 15 is 0 Å². The van der Waals surface area contributed by atoms with Gasteiger partial charge in [0.1, 0.15) is 15.6 Å². The molecule has 5 nitrogen and oxygen atoms in total. The zero-order chi connectivity index (χ0) is 16.8. The first-order valence-corrected chi connectivity index (χ1v) is 9.82. The van der Waals surface area contributed by atoms with E-state index in [1.807, 2.05) is 12.1 Å². The van der Waals surface area contributed by atoms with Crippen LogP contribution in [-0.2, 0) is 15.3 Å². The fraction of sp³-hybridized carbons (Fsp3) is 0.312. The topological polar surface area (TPSA) is 72.5 Å². The number of anilines is 1. The van der Waals surface area contributed by atoms with Crippen molar-refractivity contribution in [3.63, 3.8) is 0 Å². The van der Waals surface area contributed by atoms with E-state index in [9.17, 15) is 13.2 Å². The maximum absolute atomic E-state index is 12.6. The number of hydrogen-bond donors (Lipinski definition) is 1. The number of hydrogen-bond acceptors (Lipinski definition) is 5. The van der Waals surface area contributed by atoms with E-state index in [0.29, 0.717) is 22.9 Å². The number of nitrogens with one attached hydrogen (secondary N) is 1. The maximum atomic E-state index is 12.6. The van der Waals surface area contributed by atoms with Crippen LogP contribution in [0.15, 0.2) is 34.5 Å². The first-order chi connectivity index (χ1) is 10.7. The third kappa shape index (κ3) is 2.86. The predicted molar refractivity (Wildman–Crippen MR) is 90.3 cm³/mol. The van der Waals surface area contributed by atoms with Crippen molar-refractivity contribution in [1.82, 2.24) is 0 Å². The molecule has 1 amide bonds. The minimum atomic E-state index is -3.38. The van der Waals surface area contributed by atoms with Crippen molar-refractivity contribution in [3.8, 4) is 5.75 Å². The number of ether oxygens (including phenoxy) is 1. The normalized spacial score (nSPS) is 15.8. The Morgan fingerprint density at radius 2 is 2.04 bits per heavy atom. The third-order valence-corrected chi connectivity index (χ3v) is 5.92. The van der Waals surface area contributed by atoms with Crippen LogP contribution >= 0.6 is 11.3 Å². The molecule has 23 heavy (non-hydrogen) atoms. The molecular weight excluding hydrogens is 334 g/mol. The van der Waals surface area contributed by atoms with Crippen LogP contribution in [0.2, 0.25) is 0 Å². The molecule has 0 saturated heterocycles. The number of rotatable bonds is 3. The highest BCUT2D eigenvalue weighted by Crippen LogP contribution is 2.41. The van der Waals surface area contributed by atoms with E-state index in [1.165, 1.54) is 17.4 Å². The summed E-state index contributed by atoms with van der Waals surface area (Å²) in [5.74, 6) is 0.208. The molecule has 2 aromatic rings. The van der Waals surface area contributed by atoms with Gasteiger partial charge in [-0.15, -0.1) is 11.3 Å². The summed E-state index contributed by atoms with van der Waals surface area (Å²) in [5.41, 5.74) is 1.26. The molecule has 2 heterocycles. The van der Waals surface area contributed by atoms with Gasteiger partial charge in [-0.05, 0) is 17.5 Å². The van der Waals surface area contributed by atoms with E-state index in [-0.39, 0.29) is 16.2 Å². The van der Waals surface area contributed by atoms with Crippen molar-refractivity contribution < 1.29 is 17.9 Å². The fourth-order valence-electron chi connectivity index (χ4n) is 2.59. The first-order valence-electron chi connectivity index (χ1n) is 7.05. The molecule has 1 N–H and O–H groups in total. The summed E-state index contributed by atoms with van der Waals surface area (Å²) in [6.45, 7) is 4.63. The van der Waals surface area contributed by atoms with Gasteiger partial charge in [-0.3, -0.25) is 4.79 Å². The molecule has 0 bridgehead atoms. The Morgan fingerprint density at radius 3 is 2.74 bits per heavy atom. The van der Waals surface area contributed by atoms with Crippen LogP contribution in [-0.4, -0.2) is 27.2 Å². The van der Waals surface area contributed by atoms with Crippen LogP contribution in [0.5, 0.6) is 5.75 Å². The van der Waals surface area contributed by atoms with Crippen LogP contribution in [0.1, 0.15) is 29.8 Å². The van der Waals surface area contributed by atoms with E-state index in [4.69, 9.17) is 4.74 Å². The minimum absolute atomic E-state index is 0.129. The predicted octanol–water partition coefficient (Wildman–Crippen LogP) is 3.07. The lowest BCUT2D eigenvalue weighted by Gasteiger charge is -2.15. The number of carbonyl (C=O) groups excluding carboxylic acids is 1. The zero-order valence-corrected chi connectivity index (χ0v) is 14.7. The molecule has 1 aromatic carbocycles. The molecule has 0 fully saturated rings. The third-order valence-electron chi connectivity index (χ3n) is 3.82. The molecule has 0 atom stereocenters. The van der Waals surface area contributed by atoms with Crippen LogP contribution in [0, 0.1) is 0 Å². The lowest BCUT2D eigenvalue weighted by molar-refractivity contribution is 0.102. The Balaban J connectivity index is 1.95. The van der Waals surface area contributed by atoms with Gasteiger partial charge >= 0.3 is 0 Å². The van der Waals surface area contributed by atoms with Crippen molar-refractivity contribution in [1.29, 1.82) is 0 Å². The lowest BCUT2D eigenvalue weighted by Crippen LogP contribution is -2.18. The Labute approximate surface area is 139 Å². The summed E-state index contributed by atoms with van der Waals surface area (Å²) in [7, 11) is -3.38. The molecule has 1 aliphatic rings. The summed E-state index contributed by atoms with van der Waals surface area (Å²) in [5, 5.41) is 4.66. The van der Waals surface area contributed by atoms with Crippen molar-refractivity contribution >= 4 is 32.1 Å². The fourth-order valence-corrected chi connectivity index (χ4v) is 4.65. The molecule has 0 radical (unpaired) electrons. The number of fused-ring (bicyclic) bond motifs is 1. The highest BCUT2D eigenvalue weighted by Gasteiger charge is 2.34. The van der Waals surface area contributed by atoms with Gasteiger partial charge in [-0.25, -0.2) is 8.42 Å².